The summed E-state index contributed by atoms with van der Waals surface area (Å²) in [6, 6.07) is 24.3. The van der Waals surface area contributed by atoms with E-state index in [-0.39, 0.29) is 19.4 Å². The summed E-state index contributed by atoms with van der Waals surface area (Å²) in [4.78, 5) is 38.2. The number of methoxy groups -OCH3 is 1. The lowest BCUT2D eigenvalue weighted by Crippen LogP contribution is -2.53. The van der Waals surface area contributed by atoms with Gasteiger partial charge in [0.2, 0.25) is 5.91 Å². The van der Waals surface area contributed by atoms with Crippen LogP contribution in [0.4, 0.5) is 4.79 Å². The van der Waals surface area contributed by atoms with E-state index in [0.717, 1.165) is 20.3 Å². The van der Waals surface area contributed by atoms with Crippen LogP contribution in [0.1, 0.15) is 16.7 Å². The molecule has 0 aliphatic heterocycles. The Morgan fingerprint density at radius 3 is 2.00 bits per heavy atom. The van der Waals surface area contributed by atoms with Gasteiger partial charge in [-0.2, -0.15) is 0 Å². The normalized spacial score (nSPS) is 12.2. The first-order valence-electron chi connectivity index (χ1n) is 11.1. The lowest BCUT2D eigenvalue weighted by atomic mass is 10.0. The molecule has 0 fully saturated rings. The van der Waals surface area contributed by atoms with E-state index in [2.05, 4.69) is 33.2 Å². The van der Waals surface area contributed by atoms with E-state index in [0.29, 0.717) is 0 Å². The number of amides is 2. The molecular weight excluding hydrogens is 559 g/mol. The first-order valence-corrected chi connectivity index (χ1v) is 12.2. The highest BCUT2D eigenvalue weighted by Gasteiger charge is 2.28. The topological polar surface area (TPSA) is 93.7 Å². The number of rotatable bonds is 10. The third-order valence-electron chi connectivity index (χ3n) is 5.24. The van der Waals surface area contributed by atoms with Crippen LogP contribution in [0.25, 0.3) is 0 Å². The van der Waals surface area contributed by atoms with Gasteiger partial charge in [-0.1, -0.05) is 72.8 Å². The van der Waals surface area contributed by atoms with E-state index in [4.69, 9.17) is 9.47 Å². The summed E-state index contributed by atoms with van der Waals surface area (Å²) >= 11 is 2.19. The highest BCUT2D eigenvalue weighted by Crippen LogP contribution is 2.12. The van der Waals surface area contributed by atoms with Crippen molar-refractivity contribution in [2.45, 2.75) is 31.5 Å². The second kappa shape index (κ2) is 13.5. The molecule has 3 aromatic rings. The number of nitrogens with one attached hydrogen (secondary N) is 2. The van der Waals surface area contributed by atoms with Crippen molar-refractivity contribution in [3.8, 4) is 0 Å². The molecule has 0 unspecified atom stereocenters. The van der Waals surface area contributed by atoms with Gasteiger partial charge in [-0.25, -0.2) is 9.59 Å². The molecule has 0 aliphatic carbocycles. The monoisotopic (exact) mass is 586 g/mol. The Morgan fingerprint density at radius 1 is 0.771 bits per heavy atom. The summed E-state index contributed by atoms with van der Waals surface area (Å²) in [6.07, 6.45) is -0.243. The number of ether oxygens (including phenoxy) is 2. The summed E-state index contributed by atoms with van der Waals surface area (Å²) in [5.41, 5.74) is 2.56. The number of halogens is 1. The Bertz CT molecular complexity index is 1120. The highest BCUT2D eigenvalue weighted by molar-refractivity contribution is 14.1. The first-order chi connectivity index (χ1) is 16.9. The maximum atomic E-state index is 13.3. The van der Waals surface area contributed by atoms with Gasteiger partial charge < -0.3 is 20.1 Å². The summed E-state index contributed by atoms with van der Waals surface area (Å²) in [5.74, 6) is -1.08. The summed E-state index contributed by atoms with van der Waals surface area (Å²) in [5, 5.41) is 5.39. The van der Waals surface area contributed by atoms with Crippen molar-refractivity contribution >= 4 is 40.6 Å². The van der Waals surface area contributed by atoms with Crippen molar-refractivity contribution in [2.75, 3.05) is 7.11 Å². The lowest BCUT2D eigenvalue weighted by molar-refractivity contribution is -0.145. The average Bonchev–Trinajstić information content (AvgIpc) is 2.87. The zero-order valence-corrected chi connectivity index (χ0v) is 21.4. The predicted molar refractivity (Wildman–Crippen MR) is 141 cm³/mol. The van der Waals surface area contributed by atoms with E-state index in [1.54, 1.807) is 0 Å². The molecule has 7 nitrogen and oxygen atoms in total. The van der Waals surface area contributed by atoms with Crippen LogP contribution in [0.2, 0.25) is 0 Å². The van der Waals surface area contributed by atoms with Gasteiger partial charge in [0.05, 0.1) is 7.11 Å². The van der Waals surface area contributed by atoms with E-state index in [1.165, 1.54) is 7.11 Å². The molecule has 182 valence electrons. The van der Waals surface area contributed by atoms with Crippen LogP contribution in [0, 0.1) is 3.57 Å². The van der Waals surface area contributed by atoms with Gasteiger partial charge in [-0.05, 0) is 51.4 Å². The standard InChI is InChI=1S/C27H27IN2O5/c1-34-26(32)24(17-21-13-8-14-22(28)15-21)29-25(31)23(16-19-9-4-2-5-10-19)30-27(33)35-18-20-11-6-3-7-12-20/h2-15,23-24H,16-18H2,1H3,(H,29,31)(H,30,33)/t23-,24+/m1/s1. The molecule has 0 saturated carbocycles. The SMILES string of the molecule is COC(=O)[C@H](Cc1cccc(I)c1)NC(=O)[C@@H](Cc1ccccc1)NC(=O)OCc1ccccc1. The van der Waals surface area contributed by atoms with Gasteiger partial charge >= 0.3 is 12.1 Å². The maximum Gasteiger partial charge on any atom is 0.408 e. The van der Waals surface area contributed by atoms with Gasteiger partial charge in [0.1, 0.15) is 18.7 Å². The summed E-state index contributed by atoms with van der Waals surface area (Å²) < 4.78 is 11.2. The predicted octanol–water partition coefficient (Wildman–Crippen LogP) is 4.03. The van der Waals surface area contributed by atoms with Crippen molar-refractivity contribution in [1.29, 1.82) is 0 Å². The molecule has 0 aromatic heterocycles. The van der Waals surface area contributed by atoms with Crippen LogP contribution in [0.5, 0.6) is 0 Å². The van der Waals surface area contributed by atoms with Crippen LogP contribution in [0.15, 0.2) is 84.9 Å². The van der Waals surface area contributed by atoms with Gasteiger partial charge in [0.25, 0.3) is 0 Å². The zero-order valence-electron chi connectivity index (χ0n) is 19.3. The van der Waals surface area contributed by atoms with Crippen molar-refractivity contribution in [1.82, 2.24) is 10.6 Å². The number of hydrogen-bond donors (Lipinski definition) is 2. The molecular formula is C27H27IN2O5. The third-order valence-corrected chi connectivity index (χ3v) is 5.91. The fourth-order valence-corrected chi connectivity index (χ4v) is 4.08. The van der Waals surface area contributed by atoms with E-state index in [9.17, 15) is 14.4 Å². The van der Waals surface area contributed by atoms with Crippen LogP contribution in [0.3, 0.4) is 0 Å². The second-order valence-corrected chi connectivity index (χ2v) is 9.11. The number of carbonyl (C=O) groups is 3. The van der Waals surface area contributed by atoms with Gasteiger partial charge in [0, 0.05) is 16.4 Å². The largest absolute Gasteiger partial charge is 0.467 e. The first kappa shape index (κ1) is 26.2. The second-order valence-electron chi connectivity index (χ2n) is 7.87. The molecule has 2 N–H and O–H groups in total. The Morgan fingerprint density at radius 2 is 1.37 bits per heavy atom. The quantitative estimate of drug-likeness (QED) is 0.277. The molecule has 0 saturated heterocycles. The van der Waals surface area contributed by atoms with Crippen molar-refractivity contribution in [2.24, 2.45) is 0 Å². The lowest BCUT2D eigenvalue weighted by Gasteiger charge is -2.22. The fourth-order valence-electron chi connectivity index (χ4n) is 3.47. The summed E-state index contributed by atoms with van der Waals surface area (Å²) in [7, 11) is 1.27. The number of esters is 1. The van der Waals surface area contributed by atoms with Crippen LogP contribution < -0.4 is 10.6 Å². The van der Waals surface area contributed by atoms with Gasteiger partial charge in [0.15, 0.2) is 0 Å². The van der Waals surface area contributed by atoms with Crippen LogP contribution in [-0.2, 0) is 38.5 Å². The Kier molecular flexibility index (Phi) is 10.1. The van der Waals surface area contributed by atoms with E-state index >= 15 is 0 Å². The van der Waals surface area contributed by atoms with Crippen LogP contribution in [-0.4, -0.2) is 37.2 Å². The molecule has 3 rings (SSSR count). The molecule has 8 heteroatoms. The highest BCUT2D eigenvalue weighted by atomic mass is 127. The Hall–Kier alpha value is -3.40. The number of alkyl carbamates (subject to hydrolysis) is 1. The molecule has 0 bridgehead atoms. The summed E-state index contributed by atoms with van der Waals surface area (Å²) in [6.45, 7) is 0.0732. The minimum Gasteiger partial charge on any atom is -0.467 e. The van der Waals surface area contributed by atoms with E-state index < -0.39 is 30.1 Å². The minimum atomic E-state index is -0.955. The molecule has 0 spiro atoms. The van der Waals surface area contributed by atoms with Gasteiger partial charge in [-0.3, -0.25) is 4.79 Å². The third kappa shape index (κ3) is 8.71. The zero-order chi connectivity index (χ0) is 25.0. The molecule has 0 radical (unpaired) electrons. The maximum absolute atomic E-state index is 13.3. The van der Waals surface area contributed by atoms with E-state index in [1.807, 2.05) is 84.9 Å². The Balaban J connectivity index is 1.71. The number of hydrogen-bond acceptors (Lipinski definition) is 5. The fraction of sp³-hybridized carbons (Fsp3) is 0.222. The van der Waals surface area contributed by atoms with Crippen LogP contribution >= 0.6 is 22.6 Å². The molecule has 35 heavy (non-hydrogen) atoms. The number of benzene rings is 3. The minimum absolute atomic E-state index is 0.0732. The molecule has 3 aromatic carbocycles. The van der Waals surface area contributed by atoms with Crippen molar-refractivity contribution in [3.05, 3.63) is 105 Å². The Labute approximate surface area is 218 Å². The van der Waals surface area contributed by atoms with Crippen molar-refractivity contribution < 1.29 is 23.9 Å². The molecule has 0 aliphatic rings. The molecule has 2 amide bonds. The van der Waals surface area contributed by atoms with Gasteiger partial charge in [-0.15, -0.1) is 0 Å². The average molecular weight is 586 g/mol. The smallest absolute Gasteiger partial charge is 0.408 e. The molecule has 0 heterocycles. The van der Waals surface area contributed by atoms with Crippen molar-refractivity contribution in [3.63, 3.8) is 0 Å². The number of carbonyl (C=O) groups excluding carboxylic acids is 3. The molecule has 2 atom stereocenters.